The van der Waals surface area contributed by atoms with Crippen LogP contribution in [0.15, 0.2) is 0 Å². The molecule has 0 aliphatic heterocycles. The lowest BCUT2D eigenvalue weighted by atomic mass is 10.1. The Kier molecular flexibility index (Phi) is 5.14. The number of nitrogens with one attached hydrogen (secondary N) is 2. The number of carboxylic acid groups (broad SMARTS) is 1. The van der Waals surface area contributed by atoms with Crippen LogP contribution in [0.4, 0.5) is 4.79 Å². The van der Waals surface area contributed by atoms with Gasteiger partial charge in [0.2, 0.25) is 0 Å². The van der Waals surface area contributed by atoms with Crippen LogP contribution in [0, 0.1) is 11.8 Å². The molecular formula is C12H20N2O5. The molecule has 7 heteroatoms. The maximum Gasteiger partial charge on any atom is 0.328 e. The number of methoxy groups -OCH3 is 1. The Balaban J connectivity index is 2.56. The fourth-order valence-electron chi connectivity index (χ4n) is 1.76. The van der Waals surface area contributed by atoms with Crippen molar-refractivity contribution in [2.45, 2.75) is 38.8 Å². The molecule has 7 nitrogen and oxygen atoms in total. The van der Waals surface area contributed by atoms with E-state index in [1.54, 1.807) is 13.8 Å². The number of esters is 1. The highest BCUT2D eigenvalue weighted by atomic mass is 16.5. The lowest BCUT2D eigenvalue weighted by Crippen LogP contribution is -2.53. The zero-order valence-electron chi connectivity index (χ0n) is 11.3. The zero-order chi connectivity index (χ0) is 14.6. The number of hydrogen-bond donors (Lipinski definition) is 3. The van der Waals surface area contributed by atoms with Gasteiger partial charge in [0, 0.05) is 0 Å². The Bertz CT molecular complexity index is 365. The van der Waals surface area contributed by atoms with Crippen molar-refractivity contribution >= 4 is 18.0 Å². The molecule has 1 rings (SSSR count). The van der Waals surface area contributed by atoms with Gasteiger partial charge in [-0.1, -0.05) is 13.8 Å². The highest BCUT2D eigenvalue weighted by Crippen LogP contribution is 2.32. The van der Waals surface area contributed by atoms with E-state index in [0.717, 1.165) is 12.8 Å². The van der Waals surface area contributed by atoms with Crippen molar-refractivity contribution in [3.63, 3.8) is 0 Å². The van der Waals surface area contributed by atoms with Gasteiger partial charge in [-0.05, 0) is 24.7 Å². The minimum absolute atomic E-state index is 0.0149. The van der Waals surface area contributed by atoms with E-state index in [4.69, 9.17) is 5.11 Å². The highest BCUT2D eigenvalue weighted by molar-refractivity contribution is 5.87. The van der Waals surface area contributed by atoms with Gasteiger partial charge < -0.3 is 20.5 Å². The molecule has 0 heterocycles. The number of aliphatic carboxylic acids is 1. The molecule has 0 aromatic carbocycles. The van der Waals surface area contributed by atoms with Gasteiger partial charge in [-0.25, -0.2) is 14.4 Å². The van der Waals surface area contributed by atoms with E-state index in [9.17, 15) is 14.4 Å². The van der Waals surface area contributed by atoms with Gasteiger partial charge >= 0.3 is 18.0 Å². The molecule has 3 N–H and O–H groups in total. The topological polar surface area (TPSA) is 105 Å². The highest BCUT2D eigenvalue weighted by Gasteiger charge is 2.38. The van der Waals surface area contributed by atoms with E-state index < -0.39 is 30.1 Å². The van der Waals surface area contributed by atoms with Gasteiger partial charge in [-0.15, -0.1) is 0 Å². The van der Waals surface area contributed by atoms with E-state index >= 15 is 0 Å². The molecule has 0 saturated heterocycles. The number of carbonyl (C=O) groups is 3. The van der Waals surface area contributed by atoms with Gasteiger partial charge in [0.25, 0.3) is 0 Å². The quantitative estimate of drug-likeness (QED) is 0.605. The molecule has 0 aromatic rings. The second kappa shape index (κ2) is 6.40. The van der Waals surface area contributed by atoms with Crippen molar-refractivity contribution in [1.29, 1.82) is 0 Å². The molecule has 0 aromatic heterocycles. The lowest BCUT2D eigenvalue weighted by molar-refractivity contribution is -0.144. The van der Waals surface area contributed by atoms with Crippen LogP contribution in [-0.2, 0) is 14.3 Å². The predicted octanol–water partition coefficient (Wildman–Crippen LogP) is 0.346. The summed E-state index contributed by atoms with van der Waals surface area (Å²) < 4.78 is 4.59. The summed E-state index contributed by atoms with van der Waals surface area (Å²) in [4.78, 5) is 34.2. The van der Waals surface area contributed by atoms with Gasteiger partial charge in [0.1, 0.15) is 12.1 Å². The first-order valence-corrected chi connectivity index (χ1v) is 6.24. The van der Waals surface area contributed by atoms with Gasteiger partial charge in [-0.3, -0.25) is 0 Å². The summed E-state index contributed by atoms with van der Waals surface area (Å²) in [6, 6.07) is -2.35. The number of carbonyl (C=O) groups excluding carboxylic acids is 2. The van der Waals surface area contributed by atoms with E-state index in [1.807, 2.05) is 0 Å². The first-order chi connectivity index (χ1) is 8.86. The van der Waals surface area contributed by atoms with Crippen LogP contribution in [0.2, 0.25) is 0 Å². The number of amides is 2. The number of urea groups is 1. The van der Waals surface area contributed by atoms with Crippen LogP contribution >= 0.6 is 0 Å². The summed E-state index contributed by atoms with van der Waals surface area (Å²) in [5, 5.41) is 13.8. The smallest absolute Gasteiger partial charge is 0.328 e. The van der Waals surface area contributed by atoms with Gasteiger partial charge in [-0.2, -0.15) is 0 Å². The Hall–Kier alpha value is -1.79. The van der Waals surface area contributed by atoms with Crippen molar-refractivity contribution in [1.82, 2.24) is 10.6 Å². The van der Waals surface area contributed by atoms with Crippen molar-refractivity contribution in [2.24, 2.45) is 11.8 Å². The average Bonchev–Trinajstić information content (AvgIpc) is 3.15. The maximum absolute atomic E-state index is 11.7. The summed E-state index contributed by atoms with van der Waals surface area (Å²) in [5.74, 6) is -1.78. The molecule has 0 radical (unpaired) electrons. The zero-order valence-corrected chi connectivity index (χ0v) is 11.3. The second-order valence-corrected chi connectivity index (χ2v) is 5.02. The molecule has 108 valence electrons. The first kappa shape index (κ1) is 15.3. The molecule has 1 saturated carbocycles. The number of carboxylic acids is 1. The Morgan fingerprint density at radius 1 is 1.21 bits per heavy atom. The van der Waals surface area contributed by atoms with E-state index in [0.29, 0.717) is 0 Å². The van der Waals surface area contributed by atoms with E-state index in [2.05, 4.69) is 15.4 Å². The van der Waals surface area contributed by atoms with E-state index in [-0.39, 0.29) is 11.8 Å². The summed E-state index contributed by atoms with van der Waals surface area (Å²) in [5.41, 5.74) is 0. The SMILES string of the molecule is COC(=O)C(NC(=O)NC(C(=O)O)C1CC1)C(C)C. The van der Waals surface area contributed by atoms with Crippen molar-refractivity contribution in [3.05, 3.63) is 0 Å². The largest absolute Gasteiger partial charge is 0.480 e. The molecule has 2 unspecified atom stereocenters. The van der Waals surface area contributed by atoms with Crippen LogP contribution in [0.5, 0.6) is 0 Å². The van der Waals surface area contributed by atoms with Crippen LogP contribution in [0.25, 0.3) is 0 Å². The average molecular weight is 272 g/mol. The van der Waals surface area contributed by atoms with Crippen LogP contribution in [0.1, 0.15) is 26.7 Å². The van der Waals surface area contributed by atoms with Gasteiger partial charge in [0.05, 0.1) is 7.11 Å². The minimum atomic E-state index is -1.06. The summed E-state index contributed by atoms with van der Waals surface area (Å²) in [6.45, 7) is 3.52. The molecule has 1 aliphatic rings. The van der Waals surface area contributed by atoms with Gasteiger partial charge in [0.15, 0.2) is 0 Å². The maximum atomic E-state index is 11.7. The molecule has 1 aliphatic carbocycles. The summed E-state index contributed by atoms with van der Waals surface area (Å²) >= 11 is 0. The fraction of sp³-hybridized carbons (Fsp3) is 0.750. The monoisotopic (exact) mass is 272 g/mol. The standard InChI is InChI=1S/C12H20N2O5/c1-6(2)8(11(17)19-3)13-12(18)14-9(10(15)16)7-4-5-7/h6-9H,4-5H2,1-3H3,(H,15,16)(H2,13,14,18). The Labute approximate surface area is 111 Å². The second-order valence-electron chi connectivity index (χ2n) is 5.02. The normalized spacial score (nSPS) is 17.5. The number of rotatable bonds is 6. The molecular weight excluding hydrogens is 252 g/mol. The number of ether oxygens (including phenoxy) is 1. The van der Waals surface area contributed by atoms with Crippen LogP contribution < -0.4 is 10.6 Å². The van der Waals surface area contributed by atoms with Crippen molar-refractivity contribution < 1.29 is 24.2 Å². The van der Waals surface area contributed by atoms with Crippen LogP contribution in [0.3, 0.4) is 0 Å². The third kappa shape index (κ3) is 4.42. The Morgan fingerprint density at radius 3 is 2.16 bits per heavy atom. The lowest BCUT2D eigenvalue weighted by Gasteiger charge is -2.21. The third-order valence-electron chi connectivity index (χ3n) is 3.05. The van der Waals surface area contributed by atoms with Crippen molar-refractivity contribution in [2.75, 3.05) is 7.11 Å². The summed E-state index contributed by atoms with van der Waals surface area (Å²) in [7, 11) is 1.24. The third-order valence-corrected chi connectivity index (χ3v) is 3.05. The molecule has 1 fully saturated rings. The molecule has 0 spiro atoms. The first-order valence-electron chi connectivity index (χ1n) is 6.24. The van der Waals surface area contributed by atoms with Crippen LogP contribution in [-0.4, -0.2) is 42.3 Å². The molecule has 2 amide bonds. The van der Waals surface area contributed by atoms with E-state index in [1.165, 1.54) is 7.11 Å². The molecule has 19 heavy (non-hydrogen) atoms. The predicted molar refractivity (Wildman–Crippen MR) is 66.5 cm³/mol. The molecule has 0 bridgehead atoms. The Morgan fingerprint density at radius 2 is 1.79 bits per heavy atom. The number of hydrogen-bond acceptors (Lipinski definition) is 4. The fourth-order valence-corrected chi connectivity index (χ4v) is 1.76. The molecule has 2 atom stereocenters. The minimum Gasteiger partial charge on any atom is -0.480 e. The van der Waals surface area contributed by atoms with Crippen molar-refractivity contribution in [3.8, 4) is 0 Å². The summed E-state index contributed by atoms with van der Waals surface area (Å²) in [6.07, 6.45) is 1.59.